The van der Waals surface area contributed by atoms with Crippen molar-refractivity contribution in [1.29, 1.82) is 0 Å². The SMILES string of the molecule is Cc1ccc(C)c(NC(=O)c2cc(-c3ccco3)nn2-c2ccccc2)c1. The quantitative estimate of drug-likeness (QED) is 0.559. The molecule has 0 saturated heterocycles. The molecule has 0 aliphatic rings. The molecule has 0 unspecified atom stereocenters. The number of aromatic nitrogens is 2. The second-order valence-electron chi connectivity index (χ2n) is 6.41. The van der Waals surface area contributed by atoms with Crippen LogP contribution in [-0.4, -0.2) is 15.7 Å². The first-order valence-electron chi connectivity index (χ1n) is 8.70. The lowest BCUT2D eigenvalue weighted by molar-refractivity contribution is 0.101. The van der Waals surface area contributed by atoms with Gasteiger partial charge in [-0.25, -0.2) is 4.68 Å². The summed E-state index contributed by atoms with van der Waals surface area (Å²) < 4.78 is 7.09. The summed E-state index contributed by atoms with van der Waals surface area (Å²) in [6.45, 7) is 3.97. The number of rotatable bonds is 4. The fourth-order valence-corrected chi connectivity index (χ4v) is 2.91. The molecule has 134 valence electrons. The van der Waals surface area contributed by atoms with Gasteiger partial charge in [0.05, 0.1) is 12.0 Å². The molecule has 0 aliphatic heterocycles. The van der Waals surface area contributed by atoms with Gasteiger partial charge in [0.15, 0.2) is 5.76 Å². The van der Waals surface area contributed by atoms with Gasteiger partial charge in [0.1, 0.15) is 11.4 Å². The summed E-state index contributed by atoms with van der Waals surface area (Å²) in [6.07, 6.45) is 1.59. The summed E-state index contributed by atoms with van der Waals surface area (Å²) in [5.74, 6) is 0.392. The van der Waals surface area contributed by atoms with E-state index < -0.39 is 0 Å². The highest BCUT2D eigenvalue weighted by atomic mass is 16.3. The summed E-state index contributed by atoms with van der Waals surface area (Å²) in [6, 6.07) is 20.9. The van der Waals surface area contributed by atoms with Gasteiger partial charge in [-0.3, -0.25) is 4.79 Å². The number of furan rings is 1. The van der Waals surface area contributed by atoms with E-state index in [9.17, 15) is 4.79 Å². The van der Waals surface area contributed by atoms with Crippen molar-refractivity contribution >= 4 is 11.6 Å². The number of benzene rings is 2. The van der Waals surface area contributed by atoms with Crippen molar-refractivity contribution in [3.8, 4) is 17.1 Å². The van der Waals surface area contributed by atoms with Gasteiger partial charge in [-0.1, -0.05) is 30.3 Å². The average Bonchev–Trinajstić information content (AvgIpc) is 3.35. The zero-order valence-corrected chi connectivity index (χ0v) is 15.1. The summed E-state index contributed by atoms with van der Waals surface area (Å²) in [5.41, 5.74) is 4.74. The van der Waals surface area contributed by atoms with Crippen LogP contribution in [0.5, 0.6) is 0 Å². The van der Waals surface area contributed by atoms with E-state index >= 15 is 0 Å². The number of para-hydroxylation sites is 1. The molecule has 1 N–H and O–H groups in total. The van der Waals surface area contributed by atoms with E-state index in [1.807, 2.05) is 68.4 Å². The molecule has 2 heterocycles. The van der Waals surface area contributed by atoms with Crippen molar-refractivity contribution in [3.63, 3.8) is 0 Å². The Labute approximate surface area is 157 Å². The predicted octanol–water partition coefficient (Wildman–Crippen LogP) is 5.00. The number of aryl methyl sites for hydroxylation is 2. The molecular formula is C22H19N3O2. The standard InChI is InChI=1S/C22H19N3O2/c1-15-10-11-16(2)18(13-15)23-22(26)20-14-19(21-9-6-12-27-21)24-25(20)17-7-4-3-5-8-17/h3-14H,1-2H3,(H,23,26). The van der Waals surface area contributed by atoms with Gasteiger partial charge < -0.3 is 9.73 Å². The van der Waals surface area contributed by atoms with Gasteiger partial charge in [-0.05, 0) is 55.3 Å². The smallest absolute Gasteiger partial charge is 0.274 e. The summed E-state index contributed by atoms with van der Waals surface area (Å²) >= 11 is 0. The monoisotopic (exact) mass is 357 g/mol. The molecule has 0 atom stereocenters. The van der Waals surface area contributed by atoms with E-state index in [-0.39, 0.29) is 5.91 Å². The van der Waals surface area contributed by atoms with Crippen molar-refractivity contribution < 1.29 is 9.21 Å². The van der Waals surface area contributed by atoms with Gasteiger partial charge in [-0.15, -0.1) is 0 Å². The number of hydrogen-bond donors (Lipinski definition) is 1. The maximum atomic E-state index is 13.1. The van der Waals surface area contributed by atoms with Crippen LogP contribution >= 0.6 is 0 Å². The fourth-order valence-electron chi connectivity index (χ4n) is 2.91. The molecule has 4 aromatic rings. The molecule has 0 fully saturated rings. The molecule has 4 rings (SSSR count). The van der Waals surface area contributed by atoms with Crippen molar-refractivity contribution in [1.82, 2.24) is 9.78 Å². The number of hydrogen-bond acceptors (Lipinski definition) is 3. The van der Waals surface area contributed by atoms with Crippen LogP contribution in [0.25, 0.3) is 17.1 Å². The number of amides is 1. The molecule has 0 bridgehead atoms. The van der Waals surface area contributed by atoms with Gasteiger partial charge in [0.2, 0.25) is 0 Å². The zero-order chi connectivity index (χ0) is 18.8. The molecule has 27 heavy (non-hydrogen) atoms. The molecule has 2 aromatic heterocycles. The van der Waals surface area contributed by atoms with Crippen LogP contribution in [0.1, 0.15) is 21.6 Å². The van der Waals surface area contributed by atoms with Crippen LogP contribution < -0.4 is 5.32 Å². The second-order valence-corrected chi connectivity index (χ2v) is 6.41. The largest absolute Gasteiger partial charge is 0.463 e. The summed E-state index contributed by atoms with van der Waals surface area (Å²) in [5, 5.41) is 7.59. The number of nitrogens with one attached hydrogen (secondary N) is 1. The average molecular weight is 357 g/mol. The van der Waals surface area contributed by atoms with E-state index in [4.69, 9.17) is 4.42 Å². The Morgan fingerprint density at radius 2 is 1.81 bits per heavy atom. The lowest BCUT2D eigenvalue weighted by atomic mass is 10.1. The molecule has 5 heteroatoms. The minimum atomic E-state index is -0.224. The second kappa shape index (κ2) is 6.96. The highest BCUT2D eigenvalue weighted by Crippen LogP contribution is 2.24. The maximum Gasteiger partial charge on any atom is 0.274 e. The first-order valence-corrected chi connectivity index (χ1v) is 8.70. The van der Waals surface area contributed by atoms with E-state index in [0.29, 0.717) is 17.1 Å². The third-order valence-electron chi connectivity index (χ3n) is 4.36. The Morgan fingerprint density at radius 1 is 1.00 bits per heavy atom. The molecule has 0 radical (unpaired) electrons. The Hall–Kier alpha value is -3.60. The van der Waals surface area contributed by atoms with Gasteiger partial charge >= 0.3 is 0 Å². The summed E-state index contributed by atoms with van der Waals surface area (Å²) in [7, 11) is 0. The lowest BCUT2D eigenvalue weighted by Crippen LogP contribution is -2.17. The molecule has 0 spiro atoms. The van der Waals surface area contributed by atoms with Gasteiger partial charge in [0, 0.05) is 11.8 Å². The number of carbonyl (C=O) groups is 1. The minimum Gasteiger partial charge on any atom is -0.463 e. The first-order chi connectivity index (χ1) is 13.1. The Balaban J connectivity index is 1.76. The van der Waals surface area contributed by atoms with Crippen molar-refractivity contribution in [3.05, 3.63) is 89.8 Å². The third-order valence-corrected chi connectivity index (χ3v) is 4.36. The first kappa shape index (κ1) is 16.8. The van der Waals surface area contributed by atoms with E-state index in [2.05, 4.69) is 10.4 Å². The maximum absolute atomic E-state index is 13.1. The number of carbonyl (C=O) groups excluding carboxylic acids is 1. The van der Waals surface area contributed by atoms with Crippen LogP contribution in [-0.2, 0) is 0 Å². The van der Waals surface area contributed by atoms with Crippen molar-refractivity contribution in [2.75, 3.05) is 5.32 Å². The topological polar surface area (TPSA) is 60.1 Å². The van der Waals surface area contributed by atoms with Gasteiger partial charge in [0.25, 0.3) is 5.91 Å². The number of nitrogens with zero attached hydrogens (tertiary/aromatic N) is 2. The third kappa shape index (κ3) is 3.40. The number of anilines is 1. The van der Waals surface area contributed by atoms with E-state index in [0.717, 1.165) is 22.5 Å². The Bertz CT molecular complexity index is 1080. The Kier molecular flexibility index (Phi) is 4.34. The van der Waals surface area contributed by atoms with Crippen molar-refractivity contribution in [2.45, 2.75) is 13.8 Å². The molecule has 2 aromatic carbocycles. The highest BCUT2D eigenvalue weighted by Gasteiger charge is 2.19. The zero-order valence-electron chi connectivity index (χ0n) is 15.1. The van der Waals surface area contributed by atoms with Crippen molar-refractivity contribution in [2.24, 2.45) is 0 Å². The van der Waals surface area contributed by atoms with E-state index in [1.165, 1.54) is 0 Å². The normalized spacial score (nSPS) is 10.7. The minimum absolute atomic E-state index is 0.224. The molecule has 1 amide bonds. The molecule has 0 aliphatic carbocycles. The van der Waals surface area contributed by atoms with Gasteiger partial charge in [-0.2, -0.15) is 5.10 Å². The van der Waals surface area contributed by atoms with E-state index in [1.54, 1.807) is 23.1 Å². The highest BCUT2D eigenvalue weighted by molar-refractivity contribution is 6.04. The van der Waals surface area contributed by atoms with Crippen LogP contribution in [0.4, 0.5) is 5.69 Å². The Morgan fingerprint density at radius 3 is 2.56 bits per heavy atom. The fraction of sp³-hybridized carbons (Fsp3) is 0.0909. The summed E-state index contributed by atoms with van der Waals surface area (Å²) in [4.78, 5) is 13.1. The molecule has 5 nitrogen and oxygen atoms in total. The van der Waals surface area contributed by atoms with Crippen LogP contribution in [0, 0.1) is 13.8 Å². The molecule has 0 saturated carbocycles. The molecular weight excluding hydrogens is 338 g/mol. The van der Waals surface area contributed by atoms with Crippen LogP contribution in [0.2, 0.25) is 0 Å². The lowest BCUT2D eigenvalue weighted by Gasteiger charge is -2.11. The predicted molar refractivity (Wildman–Crippen MR) is 105 cm³/mol. The van der Waals surface area contributed by atoms with Crippen LogP contribution in [0.15, 0.2) is 77.4 Å². The van der Waals surface area contributed by atoms with Crippen LogP contribution in [0.3, 0.4) is 0 Å².